The van der Waals surface area contributed by atoms with Crippen molar-refractivity contribution in [2.24, 2.45) is 0 Å². The van der Waals surface area contributed by atoms with Gasteiger partial charge in [0, 0.05) is 0 Å². The second kappa shape index (κ2) is 6.51. The molecule has 0 aliphatic heterocycles. The molecule has 0 aliphatic carbocycles. The number of rotatable bonds is 4. The summed E-state index contributed by atoms with van der Waals surface area (Å²) in [6.07, 6.45) is 2.09. The monoisotopic (exact) mass is 268 g/mol. The van der Waals surface area contributed by atoms with E-state index in [1.807, 2.05) is 6.07 Å². The molecule has 2 aromatic rings. The van der Waals surface area contributed by atoms with Crippen LogP contribution in [0.2, 0.25) is 0 Å². The summed E-state index contributed by atoms with van der Waals surface area (Å²) in [5.41, 5.74) is 6.00. The minimum absolute atomic E-state index is 0.178. The summed E-state index contributed by atoms with van der Waals surface area (Å²) in [5.74, 6) is -0.178. The molecule has 0 radical (unpaired) electrons. The van der Waals surface area contributed by atoms with Crippen LogP contribution in [0.5, 0.6) is 0 Å². The molecule has 0 unspecified atom stereocenters. The molecule has 0 saturated heterocycles. The van der Waals surface area contributed by atoms with Crippen LogP contribution in [-0.4, -0.2) is 0 Å². The standard InChI is InChI=1S/C19H21F/c1-4-8-19(18-12-6-5-9-14(18)2)15(3)16-10-7-11-17(20)13-16/h5-7,9-13H,4,8H2,1-3H3/b19-15+. The van der Waals surface area contributed by atoms with Gasteiger partial charge in [-0.1, -0.05) is 49.7 Å². The Morgan fingerprint density at radius 3 is 2.45 bits per heavy atom. The molecule has 0 fully saturated rings. The topological polar surface area (TPSA) is 0 Å². The van der Waals surface area contributed by atoms with Crippen molar-refractivity contribution < 1.29 is 4.39 Å². The molecule has 2 rings (SSSR count). The molecule has 2 aromatic carbocycles. The lowest BCUT2D eigenvalue weighted by Gasteiger charge is -2.15. The summed E-state index contributed by atoms with van der Waals surface area (Å²) in [4.78, 5) is 0. The maximum atomic E-state index is 13.4. The molecular weight excluding hydrogens is 247 g/mol. The molecule has 0 nitrogen and oxygen atoms in total. The van der Waals surface area contributed by atoms with E-state index in [0.717, 1.165) is 18.4 Å². The van der Waals surface area contributed by atoms with Crippen LogP contribution in [0.4, 0.5) is 4.39 Å². The van der Waals surface area contributed by atoms with E-state index in [4.69, 9.17) is 0 Å². The normalized spacial score (nSPS) is 12.2. The third kappa shape index (κ3) is 3.16. The van der Waals surface area contributed by atoms with E-state index < -0.39 is 0 Å². The fourth-order valence-electron chi connectivity index (χ4n) is 2.58. The third-order valence-corrected chi connectivity index (χ3v) is 3.68. The van der Waals surface area contributed by atoms with Gasteiger partial charge in [-0.15, -0.1) is 0 Å². The Labute approximate surface area is 121 Å². The SMILES string of the molecule is CCC/C(=C(/C)c1cccc(F)c1)c1ccccc1C. The zero-order chi connectivity index (χ0) is 14.5. The van der Waals surface area contributed by atoms with Crippen molar-refractivity contribution in [3.8, 4) is 0 Å². The Bertz CT molecular complexity index is 623. The van der Waals surface area contributed by atoms with Crippen molar-refractivity contribution in [3.05, 3.63) is 71.0 Å². The summed E-state index contributed by atoms with van der Waals surface area (Å²) in [5, 5.41) is 0. The predicted octanol–water partition coefficient (Wildman–Crippen LogP) is 5.86. The van der Waals surface area contributed by atoms with Crippen LogP contribution in [0.3, 0.4) is 0 Å². The van der Waals surface area contributed by atoms with Crippen LogP contribution < -0.4 is 0 Å². The molecule has 0 spiro atoms. The number of hydrogen-bond donors (Lipinski definition) is 0. The smallest absolute Gasteiger partial charge is 0.123 e. The largest absolute Gasteiger partial charge is 0.207 e. The minimum atomic E-state index is -0.178. The third-order valence-electron chi connectivity index (χ3n) is 3.68. The fraction of sp³-hybridized carbons (Fsp3) is 0.263. The van der Waals surface area contributed by atoms with Crippen LogP contribution in [0.1, 0.15) is 43.4 Å². The van der Waals surface area contributed by atoms with Crippen molar-refractivity contribution in [2.45, 2.75) is 33.6 Å². The Hall–Kier alpha value is -1.89. The van der Waals surface area contributed by atoms with Gasteiger partial charge in [0.2, 0.25) is 0 Å². The summed E-state index contributed by atoms with van der Waals surface area (Å²) in [6, 6.07) is 15.3. The molecular formula is C19H21F. The van der Waals surface area contributed by atoms with E-state index in [-0.39, 0.29) is 5.82 Å². The van der Waals surface area contributed by atoms with Crippen LogP contribution >= 0.6 is 0 Å². The van der Waals surface area contributed by atoms with E-state index in [1.165, 1.54) is 28.3 Å². The Morgan fingerprint density at radius 2 is 1.80 bits per heavy atom. The molecule has 0 N–H and O–H groups in total. The lowest BCUT2D eigenvalue weighted by atomic mass is 9.90. The van der Waals surface area contributed by atoms with Crippen LogP contribution in [0.25, 0.3) is 11.1 Å². The molecule has 20 heavy (non-hydrogen) atoms. The van der Waals surface area contributed by atoms with Gasteiger partial charge in [-0.2, -0.15) is 0 Å². The van der Waals surface area contributed by atoms with Gasteiger partial charge in [0.1, 0.15) is 5.82 Å². The first-order chi connectivity index (χ1) is 9.63. The number of hydrogen-bond acceptors (Lipinski definition) is 0. The molecule has 104 valence electrons. The average Bonchev–Trinajstić information content (AvgIpc) is 2.45. The molecule has 0 aliphatic rings. The highest BCUT2D eigenvalue weighted by atomic mass is 19.1. The second-order valence-electron chi connectivity index (χ2n) is 5.18. The molecule has 0 aromatic heterocycles. The molecule has 0 saturated carbocycles. The quantitative estimate of drug-likeness (QED) is 0.609. The predicted molar refractivity (Wildman–Crippen MR) is 85.0 cm³/mol. The fourth-order valence-corrected chi connectivity index (χ4v) is 2.58. The maximum Gasteiger partial charge on any atom is 0.123 e. The van der Waals surface area contributed by atoms with Crippen molar-refractivity contribution in [1.82, 2.24) is 0 Å². The Balaban J connectivity index is 2.57. The first-order valence-corrected chi connectivity index (χ1v) is 7.15. The van der Waals surface area contributed by atoms with Crippen molar-refractivity contribution in [2.75, 3.05) is 0 Å². The number of halogens is 1. The summed E-state index contributed by atoms with van der Waals surface area (Å²) in [6.45, 7) is 6.40. The van der Waals surface area contributed by atoms with Gasteiger partial charge in [-0.25, -0.2) is 4.39 Å². The molecule has 0 heterocycles. The average molecular weight is 268 g/mol. The lowest BCUT2D eigenvalue weighted by Crippen LogP contribution is -1.93. The van der Waals surface area contributed by atoms with E-state index in [2.05, 4.69) is 45.0 Å². The van der Waals surface area contributed by atoms with Gasteiger partial charge in [0.25, 0.3) is 0 Å². The maximum absolute atomic E-state index is 13.4. The van der Waals surface area contributed by atoms with E-state index in [1.54, 1.807) is 12.1 Å². The summed E-state index contributed by atoms with van der Waals surface area (Å²) < 4.78 is 13.4. The molecule has 0 atom stereocenters. The summed E-state index contributed by atoms with van der Waals surface area (Å²) in [7, 11) is 0. The van der Waals surface area contributed by atoms with E-state index in [9.17, 15) is 4.39 Å². The first kappa shape index (κ1) is 14.5. The van der Waals surface area contributed by atoms with Crippen LogP contribution in [0.15, 0.2) is 48.5 Å². The van der Waals surface area contributed by atoms with Gasteiger partial charge < -0.3 is 0 Å². The minimum Gasteiger partial charge on any atom is -0.207 e. The van der Waals surface area contributed by atoms with Crippen LogP contribution in [-0.2, 0) is 0 Å². The van der Waals surface area contributed by atoms with E-state index >= 15 is 0 Å². The Morgan fingerprint density at radius 1 is 1.05 bits per heavy atom. The molecule has 1 heteroatoms. The highest BCUT2D eigenvalue weighted by Crippen LogP contribution is 2.31. The van der Waals surface area contributed by atoms with Crippen molar-refractivity contribution in [3.63, 3.8) is 0 Å². The zero-order valence-electron chi connectivity index (χ0n) is 12.4. The number of aryl methyl sites for hydroxylation is 1. The summed E-state index contributed by atoms with van der Waals surface area (Å²) >= 11 is 0. The van der Waals surface area contributed by atoms with Gasteiger partial charge in [-0.3, -0.25) is 0 Å². The number of allylic oxidation sites excluding steroid dienone is 2. The zero-order valence-corrected chi connectivity index (χ0v) is 12.4. The van der Waals surface area contributed by atoms with Gasteiger partial charge in [0.15, 0.2) is 0 Å². The highest BCUT2D eigenvalue weighted by Gasteiger charge is 2.09. The van der Waals surface area contributed by atoms with Crippen molar-refractivity contribution >= 4 is 11.1 Å². The van der Waals surface area contributed by atoms with Gasteiger partial charge >= 0.3 is 0 Å². The number of benzene rings is 2. The van der Waals surface area contributed by atoms with Crippen LogP contribution in [0, 0.1) is 12.7 Å². The van der Waals surface area contributed by atoms with Gasteiger partial charge in [0.05, 0.1) is 0 Å². The molecule has 0 bridgehead atoms. The lowest BCUT2D eigenvalue weighted by molar-refractivity contribution is 0.627. The van der Waals surface area contributed by atoms with E-state index in [0.29, 0.717) is 0 Å². The second-order valence-corrected chi connectivity index (χ2v) is 5.18. The molecule has 0 amide bonds. The van der Waals surface area contributed by atoms with Crippen molar-refractivity contribution in [1.29, 1.82) is 0 Å². The first-order valence-electron chi connectivity index (χ1n) is 7.15. The van der Waals surface area contributed by atoms with Gasteiger partial charge in [-0.05, 0) is 60.2 Å². The Kier molecular flexibility index (Phi) is 4.73. The highest BCUT2D eigenvalue weighted by molar-refractivity contribution is 5.90.